The summed E-state index contributed by atoms with van der Waals surface area (Å²) in [6.45, 7) is 19.3. The van der Waals surface area contributed by atoms with Gasteiger partial charge in [0.1, 0.15) is 17.8 Å². The molecule has 18 atom stereocenters. The largest absolute Gasteiger partial charge is 0.459 e. The second-order valence-electron chi connectivity index (χ2n) is 20.5. The number of ketones is 1. The van der Waals surface area contributed by atoms with Gasteiger partial charge in [-0.05, 0) is 98.5 Å². The number of carbonyl (C=O) groups is 3. The summed E-state index contributed by atoms with van der Waals surface area (Å²) in [6, 6.07) is 9.60. The van der Waals surface area contributed by atoms with Crippen molar-refractivity contribution in [3.63, 3.8) is 0 Å². The van der Waals surface area contributed by atoms with Crippen LogP contribution in [0.2, 0.25) is 0 Å². The number of aliphatic hydroxyl groups excluding tert-OH is 1. The molecule has 5 heterocycles. The van der Waals surface area contributed by atoms with Gasteiger partial charge in [-0.3, -0.25) is 14.6 Å². The number of rotatable bonds is 13. The van der Waals surface area contributed by atoms with Crippen LogP contribution in [0.1, 0.15) is 100 Å². The van der Waals surface area contributed by atoms with Gasteiger partial charge in [0.15, 0.2) is 30.1 Å². The highest BCUT2D eigenvalue weighted by atomic mass is 16.7. The van der Waals surface area contributed by atoms with E-state index >= 15 is 0 Å². The van der Waals surface area contributed by atoms with Crippen LogP contribution < -0.4 is 10.6 Å². The minimum Gasteiger partial charge on any atom is -0.459 e. The number of pyridine rings is 1. The van der Waals surface area contributed by atoms with Gasteiger partial charge in [-0.15, -0.1) is 0 Å². The third kappa shape index (κ3) is 11.5. The Morgan fingerprint density at radius 2 is 1.67 bits per heavy atom. The Hall–Kier alpha value is -3.36. The van der Waals surface area contributed by atoms with Crippen molar-refractivity contribution in [1.29, 1.82) is 0 Å². The molecule has 0 spiro atoms. The smallest absolute Gasteiger partial charge is 0.407 e. The highest BCUT2D eigenvalue weighted by Crippen LogP contribution is 2.45. The molecule has 1 amide bonds. The fraction of sp³-hybridized carbons (Fsp3) is 0.760. The van der Waals surface area contributed by atoms with E-state index in [2.05, 4.69) is 15.6 Å². The zero-order valence-electron chi connectivity index (χ0n) is 41.9. The molecule has 17 heteroatoms. The van der Waals surface area contributed by atoms with Gasteiger partial charge in [-0.1, -0.05) is 45.9 Å². The third-order valence-corrected chi connectivity index (χ3v) is 14.9. The van der Waals surface area contributed by atoms with Gasteiger partial charge < -0.3 is 63.6 Å². The summed E-state index contributed by atoms with van der Waals surface area (Å²) in [5, 5.41) is 31.7. The van der Waals surface area contributed by atoms with Gasteiger partial charge in [0.05, 0.1) is 47.6 Å². The van der Waals surface area contributed by atoms with Gasteiger partial charge in [0.2, 0.25) is 0 Å². The molecule has 0 saturated carbocycles. The molecule has 6 rings (SSSR count). The summed E-state index contributed by atoms with van der Waals surface area (Å²) in [5.74, 6) is -3.51. The number of Topliss-reactive ketones (excluding diaryl/α,β-unsaturated/α-hetero) is 1. The second-order valence-corrected chi connectivity index (χ2v) is 20.5. The van der Waals surface area contributed by atoms with Crippen LogP contribution in [-0.2, 0) is 54.0 Å². The fourth-order valence-corrected chi connectivity index (χ4v) is 11.2. The number of nitrogens with zero attached hydrogens (tertiary/aromatic N) is 2. The Morgan fingerprint density at radius 1 is 0.955 bits per heavy atom. The van der Waals surface area contributed by atoms with Crippen LogP contribution in [-0.4, -0.2) is 156 Å². The van der Waals surface area contributed by atoms with Gasteiger partial charge in [0.25, 0.3) is 0 Å². The quantitative estimate of drug-likeness (QED) is 0.156. The number of hydrogen-bond donors (Lipinski definition) is 4. The number of benzene rings is 1. The summed E-state index contributed by atoms with van der Waals surface area (Å²) in [4.78, 5) is 48.2. The number of esters is 1. The number of para-hydroxylation sites is 1. The Labute approximate surface area is 396 Å². The number of alkyl carbamates (subject to hydrolysis) is 1. The van der Waals surface area contributed by atoms with E-state index in [-0.39, 0.29) is 36.7 Å². The minimum atomic E-state index is -1.65. The number of aromatic nitrogens is 1. The van der Waals surface area contributed by atoms with Crippen LogP contribution in [0.25, 0.3) is 10.9 Å². The van der Waals surface area contributed by atoms with Gasteiger partial charge >= 0.3 is 12.1 Å². The molecule has 2 bridgehead atoms. The van der Waals surface area contributed by atoms with E-state index in [0.717, 1.165) is 16.5 Å². The molecule has 17 nitrogen and oxygen atoms in total. The zero-order valence-corrected chi connectivity index (χ0v) is 41.9. The molecule has 4 aliphatic heterocycles. The van der Waals surface area contributed by atoms with E-state index < -0.39 is 102 Å². The van der Waals surface area contributed by atoms with Gasteiger partial charge in [-0.25, -0.2) is 4.79 Å². The first-order valence-corrected chi connectivity index (χ1v) is 24.2. The summed E-state index contributed by atoms with van der Waals surface area (Å²) in [6.07, 6.45) is -6.55. The molecule has 0 radical (unpaired) electrons. The van der Waals surface area contributed by atoms with E-state index in [4.69, 9.17) is 37.9 Å². The number of carbonyl (C=O) groups excluding carboxylic acids is 3. The first kappa shape index (κ1) is 53.0. The first-order chi connectivity index (χ1) is 31.5. The van der Waals surface area contributed by atoms with Crippen molar-refractivity contribution in [2.45, 2.75) is 186 Å². The number of likely N-dealkylation sites (N-methyl/N-ethyl adjacent to an activating group) is 1. The molecule has 2 aromatic rings. The molecule has 1 unspecified atom stereocenters. The lowest BCUT2D eigenvalue weighted by molar-refractivity contribution is -0.317. The number of ether oxygens (including phenoxy) is 8. The molecule has 4 saturated heterocycles. The van der Waals surface area contributed by atoms with E-state index in [1.807, 2.05) is 90.9 Å². The average Bonchev–Trinajstić information content (AvgIpc) is 3.52. The molecular formula is C50H78N4O13. The summed E-state index contributed by atoms with van der Waals surface area (Å²) < 4.78 is 51.4. The van der Waals surface area contributed by atoms with Crippen molar-refractivity contribution >= 4 is 28.7 Å². The standard InChI is InChI=1S/C50H78N4O13/c1-14-37-50(10)42(56)29(4)40(67-50)27(2)24-48(8,59)43(65-46-39(55)36(54(11)12)23-28(3)61-46)30(5)41(31(6)45(57)63-37)64-38-25-49(9,60-13)44(32(7)62-38)66-47(58)53-22-21-51-26-33-19-20-52-35-18-16-15-17-34(33)35/h15-20,27-32,36-41,43-44,46,51,55,59H,14,21-26H2,1-13H3,(H,53,58)/t27-,28-,29-,30+,31-,32+,36+,37+,38+,39-,40-,41+,43-,44?,46+,48+,49-,50+/m1/s1. The molecule has 1 aromatic carbocycles. The Kier molecular flexibility index (Phi) is 17.2. The van der Waals surface area contributed by atoms with Crippen molar-refractivity contribution in [3.05, 3.63) is 42.1 Å². The lowest BCUT2D eigenvalue weighted by Gasteiger charge is -2.49. The number of methoxy groups -OCH3 is 1. The zero-order chi connectivity index (χ0) is 49.2. The van der Waals surface area contributed by atoms with Crippen LogP contribution in [0.4, 0.5) is 4.79 Å². The molecule has 4 fully saturated rings. The highest BCUT2D eigenvalue weighted by Gasteiger charge is 2.59. The van der Waals surface area contributed by atoms with Crippen LogP contribution in [0, 0.1) is 23.7 Å². The van der Waals surface area contributed by atoms with E-state index in [0.29, 0.717) is 32.5 Å². The van der Waals surface area contributed by atoms with Crippen molar-refractivity contribution in [3.8, 4) is 0 Å². The lowest BCUT2D eigenvalue weighted by atomic mass is 9.75. The monoisotopic (exact) mass is 943 g/mol. The maximum Gasteiger partial charge on any atom is 0.407 e. The number of nitrogens with one attached hydrogen (secondary N) is 2. The number of fused-ring (bicyclic) bond motifs is 3. The normalized spacial score (nSPS) is 41.0. The first-order valence-electron chi connectivity index (χ1n) is 24.2. The molecular weight excluding hydrogens is 865 g/mol. The predicted octanol–water partition coefficient (Wildman–Crippen LogP) is 4.90. The molecule has 4 aliphatic rings. The van der Waals surface area contributed by atoms with Crippen molar-refractivity contribution in [2.24, 2.45) is 23.7 Å². The maximum absolute atomic E-state index is 14.5. The van der Waals surface area contributed by atoms with Crippen molar-refractivity contribution < 1.29 is 62.5 Å². The Balaban J connectivity index is 1.22. The summed E-state index contributed by atoms with van der Waals surface area (Å²) in [7, 11) is 5.29. The van der Waals surface area contributed by atoms with E-state index in [9.17, 15) is 24.6 Å². The number of cyclic esters (lactones) is 1. The SMILES string of the molecule is CC[C@@H]1OC(=O)[C@H](C)[C@@H](O[C@H]2C[C@@](C)(OC)C(OC(=O)NCCNCc3ccnc4ccccc34)[C@H](C)O2)[C@H](C)[C@@H](O[C@@H]2O[C@H](C)C[C@H](N(C)C)[C@H]2O)[C@@](C)(O)C[C@@H](C)[C@H]2O[C@]1(C)C(=O)[C@@H]2C. The topological polar surface area (TPSA) is 206 Å². The van der Waals surface area contributed by atoms with Crippen LogP contribution in [0.15, 0.2) is 36.5 Å². The fourth-order valence-electron chi connectivity index (χ4n) is 11.2. The lowest BCUT2D eigenvalue weighted by Crippen LogP contribution is -2.61. The molecule has 0 aliphatic carbocycles. The summed E-state index contributed by atoms with van der Waals surface area (Å²) >= 11 is 0. The third-order valence-electron chi connectivity index (χ3n) is 14.9. The minimum absolute atomic E-state index is 0.0845. The maximum atomic E-state index is 14.5. The average molecular weight is 943 g/mol. The Morgan fingerprint density at radius 3 is 2.36 bits per heavy atom. The van der Waals surface area contributed by atoms with Gasteiger partial charge in [0, 0.05) is 62.6 Å². The number of amides is 1. The highest BCUT2D eigenvalue weighted by molar-refractivity contribution is 5.92. The van der Waals surface area contributed by atoms with Crippen molar-refractivity contribution in [2.75, 3.05) is 34.3 Å². The Bertz CT molecular complexity index is 2000. The molecule has 1 aromatic heterocycles. The van der Waals surface area contributed by atoms with Crippen LogP contribution >= 0.6 is 0 Å². The number of hydrogen-bond acceptors (Lipinski definition) is 16. The van der Waals surface area contributed by atoms with Crippen molar-refractivity contribution in [1.82, 2.24) is 20.5 Å². The molecule has 376 valence electrons. The van der Waals surface area contributed by atoms with E-state index in [1.54, 1.807) is 33.9 Å². The van der Waals surface area contributed by atoms with Crippen LogP contribution in [0.5, 0.6) is 0 Å². The van der Waals surface area contributed by atoms with Crippen LogP contribution in [0.3, 0.4) is 0 Å². The van der Waals surface area contributed by atoms with Gasteiger partial charge in [-0.2, -0.15) is 0 Å². The summed E-state index contributed by atoms with van der Waals surface area (Å²) in [5.41, 5.74) is -2.17. The molecule has 4 N–H and O–H groups in total. The predicted molar refractivity (Wildman–Crippen MR) is 249 cm³/mol. The molecule has 67 heavy (non-hydrogen) atoms. The number of aliphatic hydroxyl groups is 2. The second kappa shape index (κ2) is 21.7. The van der Waals surface area contributed by atoms with E-state index in [1.165, 1.54) is 7.11 Å².